The molecule has 0 saturated heterocycles. The molecule has 1 amide bonds. The first-order valence-corrected chi connectivity index (χ1v) is 9.11. The SMILES string of the molecule is Cc1csc(N(C(=O)C2Cc3ccccc3C(=O)O2)c2ccccc2)n1. The van der Waals surface area contributed by atoms with Crippen LogP contribution in [0.5, 0.6) is 0 Å². The van der Waals surface area contributed by atoms with Crippen LogP contribution < -0.4 is 4.90 Å². The van der Waals surface area contributed by atoms with Crippen molar-refractivity contribution in [2.75, 3.05) is 4.90 Å². The summed E-state index contributed by atoms with van der Waals surface area (Å²) in [5.74, 6) is -0.762. The number of anilines is 2. The fraction of sp³-hybridized carbons (Fsp3) is 0.150. The second kappa shape index (κ2) is 6.72. The third kappa shape index (κ3) is 2.99. The van der Waals surface area contributed by atoms with Crippen molar-refractivity contribution in [3.63, 3.8) is 0 Å². The average Bonchev–Trinajstić information content (AvgIpc) is 3.08. The van der Waals surface area contributed by atoms with Gasteiger partial charge in [-0.25, -0.2) is 9.78 Å². The lowest BCUT2D eigenvalue weighted by Gasteiger charge is -2.28. The van der Waals surface area contributed by atoms with Gasteiger partial charge in [-0.1, -0.05) is 36.4 Å². The number of carbonyl (C=O) groups excluding carboxylic acids is 2. The zero-order chi connectivity index (χ0) is 18.1. The number of amides is 1. The Bertz CT molecular complexity index is 968. The zero-order valence-corrected chi connectivity index (χ0v) is 14.9. The van der Waals surface area contributed by atoms with E-state index in [9.17, 15) is 9.59 Å². The molecule has 0 spiro atoms. The van der Waals surface area contributed by atoms with Gasteiger partial charge in [0.25, 0.3) is 5.91 Å². The van der Waals surface area contributed by atoms with Gasteiger partial charge in [0.05, 0.1) is 16.9 Å². The monoisotopic (exact) mass is 364 g/mol. The molecule has 2 aromatic carbocycles. The highest BCUT2D eigenvalue weighted by Gasteiger charge is 2.35. The fourth-order valence-corrected chi connectivity index (χ4v) is 3.79. The molecule has 0 fully saturated rings. The summed E-state index contributed by atoms with van der Waals surface area (Å²) in [5, 5.41) is 2.45. The van der Waals surface area contributed by atoms with Gasteiger partial charge in [-0.15, -0.1) is 11.3 Å². The van der Waals surface area contributed by atoms with E-state index in [4.69, 9.17) is 4.74 Å². The number of thiazole rings is 1. The van der Waals surface area contributed by atoms with E-state index in [2.05, 4.69) is 4.98 Å². The molecule has 0 bridgehead atoms. The van der Waals surface area contributed by atoms with E-state index in [0.717, 1.165) is 11.3 Å². The molecule has 5 nitrogen and oxygen atoms in total. The van der Waals surface area contributed by atoms with Crippen LogP contribution in [0.15, 0.2) is 60.0 Å². The Hall–Kier alpha value is -2.99. The first kappa shape index (κ1) is 16.5. The van der Waals surface area contributed by atoms with Gasteiger partial charge in [0.2, 0.25) is 0 Å². The smallest absolute Gasteiger partial charge is 0.339 e. The van der Waals surface area contributed by atoms with Crippen LogP contribution in [0, 0.1) is 6.92 Å². The standard InChI is InChI=1S/C20H16N2O3S/c1-13-12-26-20(21-13)22(15-8-3-2-4-9-15)18(23)17-11-14-7-5-6-10-16(14)19(24)25-17/h2-10,12,17H,11H2,1H3. The Morgan fingerprint density at radius 3 is 2.62 bits per heavy atom. The number of rotatable bonds is 3. The van der Waals surface area contributed by atoms with Crippen LogP contribution in [0.2, 0.25) is 0 Å². The van der Waals surface area contributed by atoms with E-state index in [1.807, 2.05) is 54.8 Å². The Morgan fingerprint density at radius 1 is 1.15 bits per heavy atom. The molecular weight excluding hydrogens is 348 g/mol. The van der Waals surface area contributed by atoms with Gasteiger partial charge in [-0.05, 0) is 30.7 Å². The molecule has 0 radical (unpaired) electrons. The van der Waals surface area contributed by atoms with Crippen molar-refractivity contribution in [1.29, 1.82) is 0 Å². The minimum Gasteiger partial charge on any atom is -0.448 e. The van der Waals surface area contributed by atoms with Crippen LogP contribution in [-0.2, 0) is 16.0 Å². The molecule has 0 N–H and O–H groups in total. The quantitative estimate of drug-likeness (QED) is 0.662. The van der Waals surface area contributed by atoms with Gasteiger partial charge in [-0.2, -0.15) is 0 Å². The number of esters is 1. The number of cyclic esters (lactones) is 1. The number of carbonyl (C=O) groups is 2. The summed E-state index contributed by atoms with van der Waals surface area (Å²) in [6, 6.07) is 16.5. The Balaban J connectivity index is 1.71. The maximum absolute atomic E-state index is 13.3. The van der Waals surface area contributed by atoms with Crippen LogP contribution >= 0.6 is 11.3 Å². The van der Waals surface area contributed by atoms with E-state index < -0.39 is 12.1 Å². The van der Waals surface area contributed by atoms with Crippen LogP contribution in [0.4, 0.5) is 10.8 Å². The van der Waals surface area contributed by atoms with Crippen molar-refractivity contribution >= 4 is 34.0 Å². The Labute approximate surface area is 154 Å². The summed E-state index contributed by atoms with van der Waals surface area (Å²) < 4.78 is 5.45. The van der Waals surface area contributed by atoms with Crippen molar-refractivity contribution in [2.45, 2.75) is 19.4 Å². The number of fused-ring (bicyclic) bond motifs is 1. The van der Waals surface area contributed by atoms with Crippen LogP contribution in [-0.4, -0.2) is 23.0 Å². The summed E-state index contributed by atoms with van der Waals surface area (Å²) in [6.45, 7) is 1.88. The topological polar surface area (TPSA) is 59.5 Å². The zero-order valence-electron chi connectivity index (χ0n) is 14.1. The fourth-order valence-electron chi connectivity index (χ4n) is 2.97. The molecule has 0 aliphatic carbocycles. The first-order chi connectivity index (χ1) is 12.6. The predicted molar refractivity (Wildman–Crippen MR) is 99.8 cm³/mol. The second-order valence-electron chi connectivity index (χ2n) is 6.04. The highest BCUT2D eigenvalue weighted by atomic mass is 32.1. The van der Waals surface area contributed by atoms with E-state index in [1.54, 1.807) is 12.1 Å². The van der Waals surface area contributed by atoms with E-state index in [-0.39, 0.29) is 5.91 Å². The van der Waals surface area contributed by atoms with Crippen molar-refractivity contribution in [3.8, 4) is 0 Å². The lowest BCUT2D eigenvalue weighted by molar-refractivity contribution is -0.126. The van der Waals surface area contributed by atoms with Gasteiger partial charge >= 0.3 is 5.97 Å². The molecule has 1 aliphatic rings. The summed E-state index contributed by atoms with van der Waals surface area (Å²) in [5.41, 5.74) is 2.88. The summed E-state index contributed by atoms with van der Waals surface area (Å²) in [4.78, 5) is 31.6. The van der Waals surface area contributed by atoms with Crippen molar-refractivity contribution < 1.29 is 14.3 Å². The van der Waals surface area contributed by atoms with E-state index >= 15 is 0 Å². The normalized spacial score (nSPS) is 15.9. The van der Waals surface area contributed by atoms with Gasteiger partial charge < -0.3 is 4.74 Å². The molecule has 130 valence electrons. The molecule has 3 aromatic rings. The largest absolute Gasteiger partial charge is 0.448 e. The number of aryl methyl sites for hydroxylation is 1. The van der Waals surface area contributed by atoms with Crippen molar-refractivity contribution in [3.05, 3.63) is 76.8 Å². The highest BCUT2D eigenvalue weighted by Crippen LogP contribution is 2.31. The lowest BCUT2D eigenvalue weighted by Crippen LogP contribution is -2.42. The Morgan fingerprint density at radius 2 is 1.88 bits per heavy atom. The first-order valence-electron chi connectivity index (χ1n) is 8.23. The van der Waals surface area contributed by atoms with Gasteiger partial charge in [0.15, 0.2) is 11.2 Å². The minimum absolute atomic E-state index is 0.298. The number of aromatic nitrogens is 1. The molecule has 6 heteroatoms. The number of hydrogen-bond donors (Lipinski definition) is 0. The molecule has 1 unspecified atom stereocenters. The minimum atomic E-state index is -0.873. The molecule has 4 rings (SSSR count). The number of ether oxygens (including phenoxy) is 1. The third-order valence-electron chi connectivity index (χ3n) is 4.20. The van der Waals surface area contributed by atoms with E-state index in [1.165, 1.54) is 16.2 Å². The molecule has 2 heterocycles. The van der Waals surface area contributed by atoms with Crippen molar-refractivity contribution in [1.82, 2.24) is 4.98 Å². The second-order valence-corrected chi connectivity index (χ2v) is 6.87. The summed E-state index contributed by atoms with van der Waals surface area (Å²) >= 11 is 1.38. The number of benzene rings is 2. The lowest BCUT2D eigenvalue weighted by atomic mass is 9.98. The third-order valence-corrected chi connectivity index (χ3v) is 5.14. The maximum atomic E-state index is 13.3. The Kier molecular flexibility index (Phi) is 4.26. The number of hydrogen-bond acceptors (Lipinski definition) is 5. The summed E-state index contributed by atoms with van der Waals surface area (Å²) in [6.07, 6.45) is -0.518. The number of para-hydroxylation sites is 1. The van der Waals surface area contributed by atoms with Crippen molar-refractivity contribution in [2.24, 2.45) is 0 Å². The molecule has 1 aromatic heterocycles. The highest BCUT2D eigenvalue weighted by molar-refractivity contribution is 7.14. The summed E-state index contributed by atoms with van der Waals surface area (Å²) in [7, 11) is 0. The van der Waals surface area contributed by atoms with Gasteiger partial charge in [0, 0.05) is 11.8 Å². The molecule has 1 aliphatic heterocycles. The predicted octanol–water partition coefficient (Wildman–Crippen LogP) is 3.90. The molecular formula is C20H16N2O3S. The van der Waals surface area contributed by atoms with Crippen LogP contribution in [0.25, 0.3) is 0 Å². The average molecular weight is 364 g/mol. The molecule has 26 heavy (non-hydrogen) atoms. The van der Waals surface area contributed by atoms with Gasteiger partial charge in [-0.3, -0.25) is 9.69 Å². The van der Waals surface area contributed by atoms with Crippen LogP contribution in [0.3, 0.4) is 0 Å². The number of nitrogens with zero attached hydrogens (tertiary/aromatic N) is 2. The van der Waals surface area contributed by atoms with E-state index in [0.29, 0.717) is 22.8 Å². The molecule has 0 saturated carbocycles. The molecule has 1 atom stereocenters. The van der Waals surface area contributed by atoms with Gasteiger partial charge in [0.1, 0.15) is 0 Å². The maximum Gasteiger partial charge on any atom is 0.339 e. The van der Waals surface area contributed by atoms with Crippen LogP contribution in [0.1, 0.15) is 21.6 Å².